The quantitative estimate of drug-likeness (QED) is 0.607. The Labute approximate surface area is 135 Å². The minimum Gasteiger partial charge on any atom is -0.488 e. The topological polar surface area (TPSA) is 111 Å². The minimum atomic E-state index is -3.53. The molecule has 1 aliphatic carbocycles. The molecule has 0 unspecified atom stereocenters. The highest BCUT2D eigenvalue weighted by atomic mass is 32.2. The Bertz CT molecular complexity index is 684. The first kappa shape index (κ1) is 17.3. The second-order valence-electron chi connectivity index (χ2n) is 5.62. The summed E-state index contributed by atoms with van der Waals surface area (Å²) in [6.07, 6.45) is 5.92. The molecule has 9 heteroatoms. The third kappa shape index (κ3) is 4.72. The summed E-state index contributed by atoms with van der Waals surface area (Å²) in [6.45, 7) is 0. The molecule has 8 nitrogen and oxygen atoms in total. The van der Waals surface area contributed by atoms with Gasteiger partial charge in [0.05, 0.1) is 29.0 Å². The molecule has 0 aromatic heterocycles. The predicted octanol–water partition coefficient (Wildman–Crippen LogP) is 2.72. The van der Waals surface area contributed by atoms with Gasteiger partial charge in [0.1, 0.15) is 5.69 Å². The summed E-state index contributed by atoms with van der Waals surface area (Å²) in [5.41, 5.74) is 0.266. The molecule has 0 aliphatic heterocycles. The van der Waals surface area contributed by atoms with Crippen LogP contribution in [0.3, 0.4) is 0 Å². The highest BCUT2D eigenvalue weighted by Gasteiger charge is 2.23. The number of nitro groups is 1. The van der Waals surface area contributed by atoms with Gasteiger partial charge < -0.3 is 10.1 Å². The lowest BCUT2D eigenvalue weighted by molar-refractivity contribution is -0.384. The third-order valence-electron chi connectivity index (χ3n) is 3.71. The number of nitrogens with zero attached hydrogens (tertiary/aromatic N) is 1. The number of nitrogens with one attached hydrogen (secondary N) is 2. The first-order chi connectivity index (χ1) is 10.8. The molecular formula is C14H21N3O5S. The van der Waals surface area contributed by atoms with E-state index in [1.807, 2.05) is 0 Å². The van der Waals surface area contributed by atoms with Crippen molar-refractivity contribution in [2.24, 2.45) is 0 Å². The van der Waals surface area contributed by atoms with Crippen molar-refractivity contribution in [1.82, 2.24) is 0 Å². The van der Waals surface area contributed by atoms with Gasteiger partial charge in [-0.15, -0.1) is 0 Å². The molecule has 0 saturated heterocycles. The van der Waals surface area contributed by atoms with Crippen LogP contribution < -0.4 is 14.8 Å². The number of anilines is 2. The average Bonchev–Trinajstić information content (AvgIpc) is 2.48. The standard InChI is InChI=1S/C14H21N3O5S/c1-15-11-8-12(16-23(2,20)21)14(9-13(11)17(18)19)22-10-6-4-3-5-7-10/h8-10,15-16H,3-7H2,1-2H3. The lowest BCUT2D eigenvalue weighted by Gasteiger charge is -2.24. The molecule has 1 aliphatic rings. The van der Waals surface area contributed by atoms with Crippen LogP contribution in [-0.4, -0.2) is 32.7 Å². The molecule has 0 bridgehead atoms. The highest BCUT2D eigenvalue weighted by molar-refractivity contribution is 7.92. The Morgan fingerprint density at radius 1 is 1.22 bits per heavy atom. The predicted molar refractivity (Wildman–Crippen MR) is 88.6 cm³/mol. The SMILES string of the molecule is CNc1cc(NS(C)(=O)=O)c(OC2CCCCC2)cc1[N+](=O)[O-]. The monoisotopic (exact) mass is 343 g/mol. The van der Waals surface area contributed by atoms with Crippen molar-refractivity contribution in [3.05, 3.63) is 22.2 Å². The third-order valence-corrected chi connectivity index (χ3v) is 4.30. The zero-order chi connectivity index (χ0) is 17.0. The summed E-state index contributed by atoms with van der Waals surface area (Å²) in [5.74, 6) is 0.188. The number of hydrogen-bond acceptors (Lipinski definition) is 6. The molecular weight excluding hydrogens is 322 g/mol. The van der Waals surface area contributed by atoms with Crippen LogP contribution in [0.5, 0.6) is 5.75 Å². The van der Waals surface area contributed by atoms with Gasteiger partial charge in [-0.3, -0.25) is 14.8 Å². The van der Waals surface area contributed by atoms with E-state index in [-0.39, 0.29) is 28.9 Å². The molecule has 128 valence electrons. The molecule has 1 aromatic carbocycles. The van der Waals surface area contributed by atoms with E-state index in [1.54, 1.807) is 0 Å². The average molecular weight is 343 g/mol. The van der Waals surface area contributed by atoms with Gasteiger partial charge in [0, 0.05) is 7.05 Å². The van der Waals surface area contributed by atoms with Crippen LogP contribution in [0.25, 0.3) is 0 Å². The molecule has 0 spiro atoms. The zero-order valence-corrected chi connectivity index (χ0v) is 14.0. The molecule has 0 heterocycles. The minimum absolute atomic E-state index is 0.0519. The number of rotatable bonds is 6. The van der Waals surface area contributed by atoms with Crippen LogP contribution in [0.1, 0.15) is 32.1 Å². The first-order valence-electron chi connectivity index (χ1n) is 7.45. The van der Waals surface area contributed by atoms with Gasteiger partial charge in [0.15, 0.2) is 5.75 Å². The van der Waals surface area contributed by atoms with Gasteiger partial charge in [-0.1, -0.05) is 6.42 Å². The van der Waals surface area contributed by atoms with E-state index in [0.717, 1.165) is 38.4 Å². The Kier molecular flexibility index (Phi) is 5.30. The molecule has 2 N–H and O–H groups in total. The van der Waals surface area contributed by atoms with Crippen LogP contribution in [0.4, 0.5) is 17.1 Å². The molecule has 2 rings (SSSR count). The Morgan fingerprint density at radius 3 is 2.39 bits per heavy atom. The van der Waals surface area contributed by atoms with E-state index >= 15 is 0 Å². The summed E-state index contributed by atoms with van der Waals surface area (Å²) in [6, 6.07) is 2.66. The van der Waals surface area contributed by atoms with Crippen LogP contribution in [0.15, 0.2) is 12.1 Å². The summed E-state index contributed by atoms with van der Waals surface area (Å²) in [5, 5.41) is 13.9. The Morgan fingerprint density at radius 2 is 1.87 bits per heavy atom. The molecule has 0 atom stereocenters. The van der Waals surface area contributed by atoms with E-state index in [4.69, 9.17) is 4.74 Å². The van der Waals surface area contributed by atoms with E-state index in [0.29, 0.717) is 0 Å². The number of sulfonamides is 1. The lowest BCUT2D eigenvalue weighted by Crippen LogP contribution is -2.21. The van der Waals surface area contributed by atoms with Gasteiger partial charge >= 0.3 is 0 Å². The molecule has 1 saturated carbocycles. The van der Waals surface area contributed by atoms with E-state index in [9.17, 15) is 18.5 Å². The van der Waals surface area contributed by atoms with Crippen LogP contribution in [-0.2, 0) is 10.0 Å². The van der Waals surface area contributed by atoms with Crippen molar-refractivity contribution in [2.75, 3.05) is 23.3 Å². The van der Waals surface area contributed by atoms with Gasteiger partial charge in [-0.05, 0) is 31.7 Å². The number of ether oxygens (including phenoxy) is 1. The van der Waals surface area contributed by atoms with Gasteiger partial charge in [0.25, 0.3) is 5.69 Å². The van der Waals surface area contributed by atoms with E-state index < -0.39 is 14.9 Å². The second kappa shape index (κ2) is 7.03. The summed E-state index contributed by atoms with van der Waals surface area (Å²) < 4.78 is 31.3. The molecule has 1 fully saturated rings. The van der Waals surface area contributed by atoms with Gasteiger partial charge in [-0.25, -0.2) is 8.42 Å². The summed E-state index contributed by atoms with van der Waals surface area (Å²) in [4.78, 5) is 10.7. The van der Waals surface area contributed by atoms with Crippen LogP contribution >= 0.6 is 0 Å². The van der Waals surface area contributed by atoms with E-state index in [1.165, 1.54) is 19.2 Å². The smallest absolute Gasteiger partial charge is 0.296 e. The van der Waals surface area contributed by atoms with Crippen LogP contribution in [0, 0.1) is 10.1 Å². The lowest BCUT2D eigenvalue weighted by atomic mass is 9.98. The highest BCUT2D eigenvalue weighted by Crippen LogP contribution is 2.38. The molecule has 23 heavy (non-hydrogen) atoms. The summed E-state index contributed by atoms with van der Waals surface area (Å²) >= 11 is 0. The summed E-state index contributed by atoms with van der Waals surface area (Å²) in [7, 11) is -1.99. The maximum atomic E-state index is 11.5. The maximum Gasteiger partial charge on any atom is 0.296 e. The van der Waals surface area contributed by atoms with Crippen molar-refractivity contribution in [3.63, 3.8) is 0 Å². The maximum absolute atomic E-state index is 11.5. The zero-order valence-electron chi connectivity index (χ0n) is 13.2. The van der Waals surface area contributed by atoms with Gasteiger partial charge in [-0.2, -0.15) is 0 Å². The van der Waals surface area contributed by atoms with E-state index in [2.05, 4.69) is 10.0 Å². The fraction of sp³-hybridized carbons (Fsp3) is 0.571. The Balaban J connectivity index is 2.41. The fourth-order valence-corrected chi connectivity index (χ4v) is 3.22. The fourth-order valence-electron chi connectivity index (χ4n) is 2.66. The first-order valence-corrected chi connectivity index (χ1v) is 9.34. The van der Waals surface area contributed by atoms with Crippen LogP contribution in [0.2, 0.25) is 0 Å². The van der Waals surface area contributed by atoms with Crippen molar-refractivity contribution in [1.29, 1.82) is 0 Å². The largest absolute Gasteiger partial charge is 0.488 e. The van der Waals surface area contributed by atoms with Gasteiger partial charge in [0.2, 0.25) is 10.0 Å². The molecule has 0 amide bonds. The Hall–Kier alpha value is -2.03. The van der Waals surface area contributed by atoms with Crippen molar-refractivity contribution in [3.8, 4) is 5.75 Å². The molecule has 1 aromatic rings. The number of benzene rings is 1. The number of nitro benzene ring substituents is 1. The van der Waals surface area contributed by atoms with Crippen molar-refractivity contribution >= 4 is 27.1 Å². The number of hydrogen-bond donors (Lipinski definition) is 2. The normalized spacial score (nSPS) is 15.9. The second-order valence-corrected chi connectivity index (χ2v) is 7.37. The molecule has 0 radical (unpaired) electrons. The van der Waals surface area contributed by atoms with Crippen molar-refractivity contribution < 1.29 is 18.1 Å². The van der Waals surface area contributed by atoms with Crippen molar-refractivity contribution in [2.45, 2.75) is 38.2 Å².